The third kappa shape index (κ3) is 3.73. The summed E-state index contributed by atoms with van der Waals surface area (Å²) in [5, 5.41) is 0.858. The lowest BCUT2D eigenvalue weighted by atomic mass is 10.0. The van der Waals surface area contributed by atoms with E-state index in [9.17, 15) is 4.79 Å². The fraction of sp³-hybridized carbons (Fsp3) is 0.462. The fourth-order valence-electron chi connectivity index (χ4n) is 1.96. The summed E-state index contributed by atoms with van der Waals surface area (Å²) in [6.45, 7) is 0. The van der Waals surface area contributed by atoms with Crippen LogP contribution in [0, 0.1) is 0 Å². The fourth-order valence-corrected chi connectivity index (χ4v) is 3.96. The van der Waals surface area contributed by atoms with Crippen LogP contribution in [0.25, 0.3) is 0 Å². The van der Waals surface area contributed by atoms with Crippen molar-refractivity contribution in [2.24, 2.45) is 0 Å². The molecule has 1 atom stereocenters. The van der Waals surface area contributed by atoms with Crippen LogP contribution in [0.3, 0.4) is 0 Å². The molecule has 0 radical (unpaired) electrons. The Morgan fingerprint density at radius 3 is 2.94 bits per heavy atom. The van der Waals surface area contributed by atoms with Crippen molar-refractivity contribution in [3.63, 3.8) is 0 Å². The van der Waals surface area contributed by atoms with Gasteiger partial charge in [0.1, 0.15) is 5.78 Å². The van der Waals surface area contributed by atoms with E-state index in [1.54, 1.807) is 11.8 Å². The molecule has 92 valence electrons. The molecule has 1 heterocycles. The number of rotatable bonds is 3. The monoisotopic (exact) mass is 332 g/mol. The Morgan fingerprint density at radius 2 is 2.29 bits per heavy atom. The van der Waals surface area contributed by atoms with E-state index in [0.717, 1.165) is 22.2 Å². The standard InChI is InChI=1S/C13H14BrClOS/c14-10-5-4-9(11(15)8-10)7-12(16)13-3-1-2-6-17-13/h4-5,8,13H,1-3,6-7H2. The first kappa shape index (κ1) is 13.4. The third-order valence-electron chi connectivity index (χ3n) is 2.92. The van der Waals surface area contributed by atoms with Crippen molar-refractivity contribution in [2.75, 3.05) is 5.75 Å². The average molecular weight is 334 g/mol. The largest absolute Gasteiger partial charge is 0.298 e. The highest BCUT2D eigenvalue weighted by Crippen LogP contribution is 2.28. The van der Waals surface area contributed by atoms with Gasteiger partial charge in [-0.2, -0.15) is 11.8 Å². The van der Waals surface area contributed by atoms with Crippen molar-refractivity contribution >= 4 is 45.1 Å². The third-order valence-corrected chi connectivity index (χ3v) is 5.19. The summed E-state index contributed by atoms with van der Waals surface area (Å²) in [4.78, 5) is 12.1. The molecule has 1 aromatic carbocycles. The smallest absolute Gasteiger partial charge is 0.150 e. The number of carbonyl (C=O) groups is 1. The zero-order valence-electron chi connectivity index (χ0n) is 9.42. The lowest BCUT2D eigenvalue weighted by Gasteiger charge is -2.20. The highest BCUT2D eigenvalue weighted by atomic mass is 79.9. The van der Waals surface area contributed by atoms with Crippen molar-refractivity contribution in [3.8, 4) is 0 Å². The molecule has 0 amide bonds. The number of hydrogen-bond acceptors (Lipinski definition) is 2. The second kappa shape index (κ2) is 6.26. The Bertz CT molecular complexity index is 416. The van der Waals surface area contributed by atoms with Gasteiger partial charge in [-0.1, -0.05) is 40.0 Å². The first-order valence-electron chi connectivity index (χ1n) is 5.75. The summed E-state index contributed by atoms with van der Waals surface area (Å²) >= 11 is 11.3. The molecule has 0 saturated carbocycles. The van der Waals surface area contributed by atoms with Crippen molar-refractivity contribution in [2.45, 2.75) is 30.9 Å². The summed E-state index contributed by atoms with van der Waals surface area (Å²) in [5.74, 6) is 1.43. The highest BCUT2D eigenvalue weighted by molar-refractivity contribution is 9.10. The summed E-state index contributed by atoms with van der Waals surface area (Å²) in [6.07, 6.45) is 3.91. The predicted octanol–water partition coefficient (Wildman–Crippen LogP) is 4.50. The first-order valence-corrected chi connectivity index (χ1v) is 7.97. The van der Waals surface area contributed by atoms with E-state index in [-0.39, 0.29) is 5.25 Å². The van der Waals surface area contributed by atoms with E-state index in [4.69, 9.17) is 11.6 Å². The number of halogens is 2. The Kier molecular flexibility index (Phi) is 4.95. The average Bonchev–Trinajstić information content (AvgIpc) is 2.34. The van der Waals surface area contributed by atoms with Crippen molar-refractivity contribution in [1.29, 1.82) is 0 Å². The molecule has 0 aliphatic carbocycles. The van der Waals surface area contributed by atoms with E-state index < -0.39 is 0 Å². The maximum atomic E-state index is 12.1. The number of carbonyl (C=O) groups excluding carboxylic acids is 1. The van der Waals surface area contributed by atoms with Gasteiger partial charge in [0.25, 0.3) is 0 Å². The molecule has 1 unspecified atom stereocenters. The molecule has 0 N–H and O–H groups in total. The van der Waals surface area contributed by atoms with Crippen molar-refractivity contribution < 1.29 is 4.79 Å². The zero-order valence-corrected chi connectivity index (χ0v) is 12.6. The molecule has 17 heavy (non-hydrogen) atoms. The molecule has 1 aliphatic rings. The normalized spacial score (nSPS) is 20.2. The van der Waals surface area contributed by atoms with Gasteiger partial charge in [0.05, 0.1) is 5.25 Å². The van der Waals surface area contributed by atoms with Crippen LogP contribution in [-0.2, 0) is 11.2 Å². The maximum absolute atomic E-state index is 12.1. The number of thioether (sulfide) groups is 1. The SMILES string of the molecule is O=C(Cc1ccc(Br)cc1Cl)C1CCCCS1. The van der Waals surface area contributed by atoms with Gasteiger partial charge < -0.3 is 0 Å². The van der Waals surface area contributed by atoms with Gasteiger partial charge in [-0.3, -0.25) is 4.79 Å². The molecule has 0 aromatic heterocycles. The van der Waals surface area contributed by atoms with Crippen LogP contribution in [0.2, 0.25) is 5.02 Å². The molecule has 4 heteroatoms. The van der Waals surface area contributed by atoms with E-state index >= 15 is 0 Å². The minimum absolute atomic E-state index is 0.184. The first-order chi connectivity index (χ1) is 8.16. The molecule has 1 saturated heterocycles. The Labute approximate surface area is 119 Å². The Balaban J connectivity index is 2.02. The molecule has 1 aromatic rings. The van der Waals surface area contributed by atoms with Gasteiger partial charge in [0.2, 0.25) is 0 Å². The lowest BCUT2D eigenvalue weighted by molar-refractivity contribution is -0.118. The second-order valence-electron chi connectivity index (χ2n) is 4.23. The molecule has 1 nitrogen and oxygen atoms in total. The van der Waals surface area contributed by atoms with Gasteiger partial charge >= 0.3 is 0 Å². The molecular weight excluding hydrogens is 320 g/mol. The highest BCUT2D eigenvalue weighted by Gasteiger charge is 2.22. The summed E-state index contributed by atoms with van der Waals surface area (Å²) < 4.78 is 0.950. The van der Waals surface area contributed by atoms with E-state index in [1.807, 2.05) is 18.2 Å². The Morgan fingerprint density at radius 1 is 1.47 bits per heavy atom. The van der Waals surface area contributed by atoms with Gasteiger partial charge in [0.15, 0.2) is 0 Å². The summed E-state index contributed by atoms with van der Waals surface area (Å²) in [7, 11) is 0. The lowest BCUT2D eigenvalue weighted by Crippen LogP contribution is -2.22. The molecule has 1 aliphatic heterocycles. The number of hydrogen-bond donors (Lipinski definition) is 0. The van der Waals surface area contributed by atoms with E-state index in [0.29, 0.717) is 17.2 Å². The van der Waals surface area contributed by atoms with Gasteiger partial charge in [-0.15, -0.1) is 0 Å². The van der Waals surface area contributed by atoms with Crippen molar-refractivity contribution in [1.82, 2.24) is 0 Å². The molecule has 1 fully saturated rings. The quantitative estimate of drug-likeness (QED) is 0.810. The zero-order chi connectivity index (χ0) is 12.3. The van der Waals surface area contributed by atoms with Gasteiger partial charge in [0, 0.05) is 15.9 Å². The molecule has 0 bridgehead atoms. The van der Waals surface area contributed by atoms with Crippen LogP contribution in [0.1, 0.15) is 24.8 Å². The molecule has 2 rings (SSSR count). The Hall–Kier alpha value is 0.01000. The van der Waals surface area contributed by atoms with Crippen molar-refractivity contribution in [3.05, 3.63) is 33.3 Å². The second-order valence-corrected chi connectivity index (χ2v) is 6.87. The topological polar surface area (TPSA) is 17.1 Å². The number of ketones is 1. The van der Waals surface area contributed by atoms with Gasteiger partial charge in [-0.05, 0) is 36.3 Å². The predicted molar refractivity (Wildman–Crippen MR) is 78.0 cm³/mol. The minimum Gasteiger partial charge on any atom is -0.298 e. The summed E-state index contributed by atoms with van der Waals surface area (Å²) in [5.41, 5.74) is 0.936. The minimum atomic E-state index is 0.184. The van der Waals surface area contributed by atoms with Crippen LogP contribution in [-0.4, -0.2) is 16.8 Å². The number of Topliss-reactive ketones (excluding diaryl/α,β-unsaturated/α-hetero) is 1. The number of benzene rings is 1. The van der Waals surface area contributed by atoms with Gasteiger partial charge in [-0.25, -0.2) is 0 Å². The van der Waals surface area contributed by atoms with Crippen LogP contribution in [0.5, 0.6) is 0 Å². The van der Waals surface area contributed by atoms with Crippen LogP contribution < -0.4 is 0 Å². The van der Waals surface area contributed by atoms with Crippen LogP contribution >= 0.6 is 39.3 Å². The summed E-state index contributed by atoms with van der Waals surface area (Å²) in [6, 6.07) is 5.71. The maximum Gasteiger partial charge on any atom is 0.150 e. The molecular formula is C13H14BrClOS. The van der Waals surface area contributed by atoms with E-state index in [1.165, 1.54) is 12.8 Å². The molecule has 0 spiro atoms. The van der Waals surface area contributed by atoms with Crippen LogP contribution in [0.4, 0.5) is 0 Å². The van der Waals surface area contributed by atoms with E-state index in [2.05, 4.69) is 15.9 Å². The van der Waals surface area contributed by atoms with Crippen LogP contribution in [0.15, 0.2) is 22.7 Å².